The van der Waals surface area contributed by atoms with Crippen molar-refractivity contribution in [3.63, 3.8) is 0 Å². The Bertz CT molecular complexity index is 830. The first-order chi connectivity index (χ1) is 13.6. The van der Waals surface area contributed by atoms with Crippen molar-refractivity contribution >= 4 is 35.0 Å². The monoisotopic (exact) mass is 418 g/mol. The van der Waals surface area contributed by atoms with Gasteiger partial charge in [0, 0.05) is 23.7 Å². The van der Waals surface area contributed by atoms with Gasteiger partial charge in [-0.15, -0.1) is 16.8 Å². The summed E-state index contributed by atoms with van der Waals surface area (Å²) in [4.78, 5) is 12.4. The highest BCUT2D eigenvalue weighted by molar-refractivity contribution is 7.99. The summed E-state index contributed by atoms with van der Waals surface area (Å²) in [6, 6.07) is 5.47. The van der Waals surface area contributed by atoms with Crippen molar-refractivity contribution in [3.8, 4) is 0 Å². The van der Waals surface area contributed by atoms with E-state index in [9.17, 15) is 4.79 Å². The molecule has 0 bridgehead atoms. The Hall–Kier alpha value is -1.79. The van der Waals surface area contributed by atoms with Crippen LogP contribution in [0.25, 0.3) is 0 Å². The van der Waals surface area contributed by atoms with E-state index in [1.165, 1.54) is 43.9 Å². The highest BCUT2D eigenvalue weighted by Crippen LogP contribution is 2.28. The highest BCUT2D eigenvalue weighted by Gasteiger charge is 2.19. The molecule has 1 aromatic carbocycles. The molecule has 1 fully saturated rings. The van der Waals surface area contributed by atoms with Gasteiger partial charge >= 0.3 is 0 Å². The summed E-state index contributed by atoms with van der Waals surface area (Å²) in [6.07, 6.45) is 9.31. The first-order valence-corrected chi connectivity index (χ1v) is 11.1. The van der Waals surface area contributed by atoms with Crippen molar-refractivity contribution in [2.45, 2.75) is 57.1 Å². The Morgan fingerprint density at radius 3 is 2.89 bits per heavy atom. The Labute approximate surface area is 176 Å². The maximum atomic E-state index is 12.4. The molecule has 3 rings (SSSR count). The quantitative estimate of drug-likeness (QED) is 0.468. The van der Waals surface area contributed by atoms with Gasteiger partial charge < -0.3 is 9.88 Å². The van der Waals surface area contributed by atoms with Crippen molar-refractivity contribution in [2.24, 2.45) is 5.92 Å². The summed E-state index contributed by atoms with van der Waals surface area (Å²) in [7, 11) is 0. The predicted octanol–water partition coefficient (Wildman–Crippen LogP) is 5.28. The molecule has 0 radical (unpaired) electrons. The first kappa shape index (κ1) is 20.9. The molecule has 150 valence electrons. The summed E-state index contributed by atoms with van der Waals surface area (Å²) < 4.78 is 2.09. The van der Waals surface area contributed by atoms with Crippen LogP contribution >= 0.6 is 23.4 Å². The molecule has 1 amide bonds. The number of aryl methyl sites for hydroxylation is 1. The van der Waals surface area contributed by atoms with E-state index in [2.05, 4.69) is 26.7 Å². The van der Waals surface area contributed by atoms with Crippen LogP contribution in [0.4, 0.5) is 5.69 Å². The molecule has 1 aromatic heterocycles. The number of thioether (sulfide) groups is 1. The molecular weight excluding hydrogens is 392 g/mol. The van der Waals surface area contributed by atoms with Gasteiger partial charge in [0.05, 0.1) is 5.75 Å². The number of hydrogen-bond donors (Lipinski definition) is 1. The van der Waals surface area contributed by atoms with Crippen LogP contribution < -0.4 is 5.32 Å². The summed E-state index contributed by atoms with van der Waals surface area (Å²) in [5.74, 6) is 1.87. The minimum atomic E-state index is -0.0858. The summed E-state index contributed by atoms with van der Waals surface area (Å²) in [6.45, 7) is 6.46. The lowest BCUT2D eigenvalue weighted by Gasteiger charge is -2.21. The summed E-state index contributed by atoms with van der Waals surface area (Å²) in [5.41, 5.74) is 1.72. The number of carbonyl (C=O) groups excluding carboxylic acids is 1. The number of anilines is 1. The number of halogens is 1. The van der Waals surface area contributed by atoms with Crippen LogP contribution in [0, 0.1) is 12.8 Å². The van der Waals surface area contributed by atoms with Crippen LogP contribution in [0.5, 0.6) is 0 Å². The SMILES string of the molecule is C=CCn1c(CC2CCCCC2)nnc1SCC(=O)Nc1cc(Cl)ccc1C. The van der Waals surface area contributed by atoms with E-state index < -0.39 is 0 Å². The lowest BCUT2D eigenvalue weighted by molar-refractivity contribution is -0.113. The zero-order valence-corrected chi connectivity index (χ0v) is 17.9. The van der Waals surface area contributed by atoms with Crippen LogP contribution in [0.15, 0.2) is 36.0 Å². The van der Waals surface area contributed by atoms with E-state index in [4.69, 9.17) is 11.6 Å². The number of nitrogens with one attached hydrogen (secondary N) is 1. The molecule has 1 heterocycles. The highest BCUT2D eigenvalue weighted by atomic mass is 35.5. The van der Waals surface area contributed by atoms with Gasteiger partial charge in [-0.25, -0.2) is 0 Å². The van der Waals surface area contributed by atoms with E-state index in [0.717, 1.165) is 28.7 Å². The van der Waals surface area contributed by atoms with Gasteiger partial charge in [-0.3, -0.25) is 4.79 Å². The normalized spacial score (nSPS) is 14.8. The van der Waals surface area contributed by atoms with Gasteiger partial charge in [0.1, 0.15) is 5.82 Å². The van der Waals surface area contributed by atoms with Crippen LogP contribution in [-0.4, -0.2) is 26.4 Å². The minimum absolute atomic E-state index is 0.0858. The smallest absolute Gasteiger partial charge is 0.234 e. The van der Waals surface area contributed by atoms with Crippen LogP contribution in [0.1, 0.15) is 43.5 Å². The Kier molecular flexibility index (Phi) is 7.57. The number of amides is 1. The molecule has 1 aliphatic rings. The molecular formula is C21H27ClN4OS. The predicted molar refractivity (Wildman–Crippen MR) is 116 cm³/mol. The fraction of sp³-hybridized carbons (Fsp3) is 0.476. The number of benzene rings is 1. The molecule has 7 heteroatoms. The Morgan fingerprint density at radius 1 is 1.36 bits per heavy atom. The van der Waals surface area contributed by atoms with E-state index >= 15 is 0 Å². The second-order valence-corrected chi connectivity index (χ2v) is 8.68. The number of nitrogens with zero attached hydrogens (tertiary/aromatic N) is 3. The van der Waals surface area contributed by atoms with Gasteiger partial charge in [-0.2, -0.15) is 0 Å². The fourth-order valence-corrected chi connectivity index (χ4v) is 4.52. The molecule has 0 aliphatic heterocycles. The second-order valence-electron chi connectivity index (χ2n) is 7.30. The third-order valence-electron chi connectivity index (χ3n) is 5.11. The van der Waals surface area contributed by atoms with Crippen molar-refractivity contribution in [1.82, 2.24) is 14.8 Å². The van der Waals surface area contributed by atoms with Crippen molar-refractivity contribution in [1.29, 1.82) is 0 Å². The molecule has 0 atom stereocenters. The lowest BCUT2D eigenvalue weighted by atomic mass is 9.87. The molecule has 0 unspecified atom stereocenters. The van der Waals surface area contributed by atoms with Crippen LogP contribution in [-0.2, 0) is 17.8 Å². The number of carbonyl (C=O) groups is 1. The summed E-state index contributed by atoms with van der Waals surface area (Å²) in [5, 5.41) is 13.0. The average Bonchev–Trinajstić information content (AvgIpc) is 3.06. The largest absolute Gasteiger partial charge is 0.325 e. The lowest BCUT2D eigenvalue weighted by Crippen LogP contribution is -2.16. The van der Waals surface area contributed by atoms with Gasteiger partial charge in [-0.1, -0.05) is 67.6 Å². The number of hydrogen-bond acceptors (Lipinski definition) is 4. The van der Waals surface area contributed by atoms with Gasteiger partial charge in [-0.05, 0) is 30.5 Å². The average molecular weight is 419 g/mol. The van der Waals surface area contributed by atoms with Crippen LogP contribution in [0.2, 0.25) is 5.02 Å². The topological polar surface area (TPSA) is 59.8 Å². The number of rotatable bonds is 8. The molecule has 2 aromatic rings. The second kappa shape index (κ2) is 10.1. The van der Waals surface area contributed by atoms with Gasteiger partial charge in [0.2, 0.25) is 5.91 Å². The zero-order chi connectivity index (χ0) is 19.9. The third kappa shape index (κ3) is 5.61. The molecule has 1 saturated carbocycles. The maximum absolute atomic E-state index is 12.4. The number of aromatic nitrogens is 3. The first-order valence-electron chi connectivity index (χ1n) is 9.78. The van der Waals surface area contributed by atoms with E-state index in [0.29, 0.717) is 17.5 Å². The Balaban J connectivity index is 1.62. The zero-order valence-electron chi connectivity index (χ0n) is 16.3. The standard InChI is InChI=1S/C21H27ClN4OS/c1-3-11-26-19(12-16-7-5-4-6-8-16)24-25-21(26)28-14-20(27)23-18-13-17(22)10-9-15(18)2/h3,9-10,13,16H,1,4-8,11-12,14H2,2H3,(H,23,27). The number of allylic oxidation sites excluding steroid dienone is 1. The Morgan fingerprint density at radius 2 is 2.14 bits per heavy atom. The molecule has 5 nitrogen and oxygen atoms in total. The van der Waals surface area contributed by atoms with E-state index in [1.54, 1.807) is 6.07 Å². The molecule has 1 N–H and O–H groups in total. The van der Waals surface area contributed by atoms with E-state index in [1.807, 2.05) is 25.1 Å². The van der Waals surface area contributed by atoms with Crippen molar-refractivity contribution in [2.75, 3.05) is 11.1 Å². The third-order valence-corrected chi connectivity index (χ3v) is 6.31. The van der Waals surface area contributed by atoms with Gasteiger partial charge in [0.25, 0.3) is 0 Å². The van der Waals surface area contributed by atoms with Gasteiger partial charge in [0.15, 0.2) is 5.16 Å². The van der Waals surface area contributed by atoms with Crippen molar-refractivity contribution in [3.05, 3.63) is 47.3 Å². The minimum Gasteiger partial charge on any atom is -0.325 e. The molecule has 0 spiro atoms. The molecule has 28 heavy (non-hydrogen) atoms. The maximum Gasteiger partial charge on any atom is 0.234 e. The summed E-state index contributed by atoms with van der Waals surface area (Å²) >= 11 is 7.43. The fourth-order valence-electron chi connectivity index (χ4n) is 3.58. The van der Waals surface area contributed by atoms with E-state index in [-0.39, 0.29) is 11.7 Å². The van der Waals surface area contributed by atoms with Crippen LogP contribution in [0.3, 0.4) is 0 Å². The van der Waals surface area contributed by atoms with Crippen molar-refractivity contribution < 1.29 is 4.79 Å². The molecule has 1 aliphatic carbocycles. The molecule has 0 saturated heterocycles.